The Labute approximate surface area is 159 Å². The molecule has 2 aliphatic rings. The number of nitrogens with two attached hydrogens (primary N) is 1. The molecule has 146 valence electrons. The summed E-state index contributed by atoms with van der Waals surface area (Å²) in [5.74, 6) is 0.510. The summed E-state index contributed by atoms with van der Waals surface area (Å²) >= 11 is 0. The molecule has 0 radical (unpaired) electrons. The molecule has 0 bridgehead atoms. The average Bonchev–Trinajstić information content (AvgIpc) is 3.47. The van der Waals surface area contributed by atoms with Gasteiger partial charge in [0.15, 0.2) is 0 Å². The summed E-state index contributed by atoms with van der Waals surface area (Å²) < 4.78 is 3.92. The maximum atomic E-state index is 13.3. The van der Waals surface area contributed by atoms with Crippen molar-refractivity contribution in [2.45, 2.75) is 64.0 Å². The Hall–Kier alpha value is -2.08. The molecule has 0 aliphatic heterocycles. The summed E-state index contributed by atoms with van der Waals surface area (Å²) in [5.41, 5.74) is 8.10. The van der Waals surface area contributed by atoms with Crippen molar-refractivity contribution in [2.24, 2.45) is 11.7 Å². The molecular formula is C21H30N4O2. The van der Waals surface area contributed by atoms with E-state index < -0.39 is 0 Å². The summed E-state index contributed by atoms with van der Waals surface area (Å²) in [4.78, 5) is 25.7. The normalized spacial score (nSPS) is 18.1. The van der Waals surface area contributed by atoms with Crippen molar-refractivity contribution in [3.05, 3.63) is 34.2 Å². The first-order chi connectivity index (χ1) is 13.2. The quantitative estimate of drug-likeness (QED) is 0.735. The molecule has 6 heteroatoms. The summed E-state index contributed by atoms with van der Waals surface area (Å²) in [5, 5.41) is 2.91. The molecule has 0 unspecified atom stereocenters. The van der Waals surface area contributed by atoms with Gasteiger partial charge >= 0.3 is 5.69 Å². The molecule has 2 saturated carbocycles. The van der Waals surface area contributed by atoms with Crippen LogP contribution in [0.4, 0.5) is 0 Å². The van der Waals surface area contributed by atoms with E-state index in [1.807, 2.05) is 27.3 Å². The van der Waals surface area contributed by atoms with Crippen LogP contribution in [0.5, 0.6) is 0 Å². The Morgan fingerprint density at radius 1 is 1.11 bits per heavy atom. The number of amides is 1. The predicted octanol–water partition coefficient (Wildman–Crippen LogP) is 2.80. The highest BCUT2D eigenvalue weighted by atomic mass is 16.2. The third kappa shape index (κ3) is 3.81. The van der Waals surface area contributed by atoms with Gasteiger partial charge in [0.25, 0.3) is 5.91 Å². The van der Waals surface area contributed by atoms with Gasteiger partial charge in [0.05, 0.1) is 11.0 Å². The van der Waals surface area contributed by atoms with E-state index in [0.29, 0.717) is 30.6 Å². The summed E-state index contributed by atoms with van der Waals surface area (Å²) in [7, 11) is 0. The van der Waals surface area contributed by atoms with Gasteiger partial charge in [-0.05, 0) is 62.8 Å². The fourth-order valence-corrected chi connectivity index (χ4v) is 4.25. The zero-order valence-corrected chi connectivity index (χ0v) is 16.0. The third-order valence-electron chi connectivity index (χ3n) is 5.97. The Balaban J connectivity index is 1.72. The molecule has 1 heterocycles. The number of benzene rings is 1. The van der Waals surface area contributed by atoms with Crippen LogP contribution in [0.3, 0.4) is 0 Å². The Morgan fingerprint density at radius 3 is 2.59 bits per heavy atom. The summed E-state index contributed by atoms with van der Waals surface area (Å²) in [6.45, 7) is 1.91. The lowest BCUT2D eigenvalue weighted by atomic mass is 9.95. The van der Waals surface area contributed by atoms with Crippen molar-refractivity contribution in [2.75, 3.05) is 13.1 Å². The van der Waals surface area contributed by atoms with Gasteiger partial charge in [-0.15, -0.1) is 0 Å². The van der Waals surface area contributed by atoms with Gasteiger partial charge in [0.2, 0.25) is 0 Å². The summed E-state index contributed by atoms with van der Waals surface area (Å²) in [6.07, 6.45) is 8.94. The van der Waals surface area contributed by atoms with Crippen molar-refractivity contribution in [1.29, 1.82) is 0 Å². The second-order valence-corrected chi connectivity index (χ2v) is 8.10. The molecule has 6 nitrogen and oxygen atoms in total. The number of rotatable bonds is 7. The van der Waals surface area contributed by atoms with Crippen molar-refractivity contribution in [3.8, 4) is 0 Å². The van der Waals surface area contributed by atoms with E-state index in [-0.39, 0.29) is 11.6 Å². The minimum Gasteiger partial charge on any atom is -0.352 e. The molecule has 2 fully saturated rings. The lowest BCUT2D eigenvalue weighted by Crippen LogP contribution is -2.29. The second kappa shape index (κ2) is 7.89. The molecular weight excluding hydrogens is 340 g/mol. The minimum absolute atomic E-state index is 0.0961. The van der Waals surface area contributed by atoms with Crippen molar-refractivity contribution >= 4 is 16.9 Å². The number of nitrogens with one attached hydrogen (secondary N) is 1. The zero-order chi connectivity index (χ0) is 18.8. The fourth-order valence-electron chi connectivity index (χ4n) is 4.25. The number of hydrogen-bond donors (Lipinski definition) is 2. The summed E-state index contributed by atoms with van der Waals surface area (Å²) in [6, 6.07) is 6.00. The largest absolute Gasteiger partial charge is 0.352 e. The van der Waals surface area contributed by atoms with Crippen LogP contribution < -0.4 is 16.7 Å². The molecule has 4 rings (SSSR count). The highest BCUT2D eigenvalue weighted by Crippen LogP contribution is 2.33. The standard InChI is InChI=1S/C21H30N4O2/c22-11-4-12-23-20(26)16-9-10-18-19(13-16)24(14-15-7-8-15)21(27)25(18)17-5-2-1-3-6-17/h9-10,13,15,17H,1-8,11-12,14,22H2,(H,23,26). The first-order valence-electron chi connectivity index (χ1n) is 10.4. The van der Waals surface area contributed by atoms with Crippen LogP contribution in [0.2, 0.25) is 0 Å². The van der Waals surface area contributed by atoms with Crippen LogP contribution in [-0.2, 0) is 6.54 Å². The molecule has 1 aromatic carbocycles. The van der Waals surface area contributed by atoms with Crippen LogP contribution in [0.1, 0.15) is 67.8 Å². The first-order valence-corrected chi connectivity index (χ1v) is 10.4. The second-order valence-electron chi connectivity index (χ2n) is 8.10. The monoisotopic (exact) mass is 370 g/mol. The molecule has 0 saturated heterocycles. The first kappa shape index (κ1) is 18.3. The number of hydrogen-bond acceptors (Lipinski definition) is 3. The molecule has 0 spiro atoms. The van der Waals surface area contributed by atoms with E-state index >= 15 is 0 Å². The number of fused-ring (bicyclic) bond motifs is 1. The molecule has 2 aliphatic carbocycles. The van der Waals surface area contributed by atoms with E-state index in [1.54, 1.807) is 0 Å². The van der Waals surface area contributed by atoms with E-state index in [2.05, 4.69) is 5.32 Å². The predicted molar refractivity (Wildman–Crippen MR) is 107 cm³/mol. The van der Waals surface area contributed by atoms with E-state index in [9.17, 15) is 9.59 Å². The number of nitrogens with zero attached hydrogens (tertiary/aromatic N) is 2. The lowest BCUT2D eigenvalue weighted by Gasteiger charge is -2.23. The highest BCUT2D eigenvalue weighted by Gasteiger charge is 2.27. The molecule has 1 amide bonds. The van der Waals surface area contributed by atoms with Gasteiger partial charge in [-0.2, -0.15) is 0 Å². The van der Waals surface area contributed by atoms with Crippen molar-refractivity contribution < 1.29 is 4.79 Å². The Bertz CT molecular complexity index is 872. The minimum atomic E-state index is -0.0961. The molecule has 2 aromatic rings. The van der Waals surface area contributed by atoms with Gasteiger partial charge < -0.3 is 11.1 Å². The van der Waals surface area contributed by atoms with Gasteiger partial charge in [0, 0.05) is 24.7 Å². The lowest BCUT2D eigenvalue weighted by molar-refractivity contribution is 0.0953. The smallest absolute Gasteiger partial charge is 0.329 e. The van der Waals surface area contributed by atoms with Crippen LogP contribution in [0, 0.1) is 5.92 Å². The maximum absolute atomic E-state index is 13.3. The van der Waals surface area contributed by atoms with E-state index in [1.165, 1.54) is 32.1 Å². The number of imidazole rings is 1. The van der Waals surface area contributed by atoms with Gasteiger partial charge in [0.1, 0.15) is 0 Å². The Kier molecular flexibility index (Phi) is 5.34. The zero-order valence-electron chi connectivity index (χ0n) is 16.0. The van der Waals surface area contributed by atoms with Gasteiger partial charge in [-0.25, -0.2) is 4.79 Å². The topological polar surface area (TPSA) is 82.1 Å². The maximum Gasteiger partial charge on any atom is 0.329 e. The van der Waals surface area contributed by atoms with Crippen LogP contribution in [0.25, 0.3) is 11.0 Å². The van der Waals surface area contributed by atoms with Crippen LogP contribution in [0.15, 0.2) is 23.0 Å². The molecule has 27 heavy (non-hydrogen) atoms. The van der Waals surface area contributed by atoms with Crippen LogP contribution >= 0.6 is 0 Å². The molecule has 3 N–H and O–H groups in total. The average molecular weight is 370 g/mol. The van der Waals surface area contributed by atoms with Crippen molar-refractivity contribution in [1.82, 2.24) is 14.5 Å². The van der Waals surface area contributed by atoms with Gasteiger partial charge in [-0.3, -0.25) is 13.9 Å². The van der Waals surface area contributed by atoms with Crippen LogP contribution in [-0.4, -0.2) is 28.1 Å². The molecule has 0 atom stereocenters. The van der Waals surface area contributed by atoms with E-state index in [0.717, 1.165) is 36.8 Å². The number of carbonyl (C=O) groups is 1. The molecule has 1 aromatic heterocycles. The number of carbonyl (C=O) groups excluding carboxylic acids is 1. The fraction of sp³-hybridized carbons (Fsp3) is 0.619. The third-order valence-corrected chi connectivity index (χ3v) is 5.97. The number of aromatic nitrogens is 2. The SMILES string of the molecule is NCCCNC(=O)c1ccc2c(c1)n(CC1CC1)c(=O)n2C1CCCCC1. The van der Waals surface area contributed by atoms with Gasteiger partial charge in [-0.1, -0.05) is 19.3 Å². The highest BCUT2D eigenvalue weighted by molar-refractivity contribution is 5.97. The van der Waals surface area contributed by atoms with E-state index in [4.69, 9.17) is 5.73 Å². The van der Waals surface area contributed by atoms with Crippen molar-refractivity contribution in [3.63, 3.8) is 0 Å². The Morgan fingerprint density at radius 2 is 1.89 bits per heavy atom.